The van der Waals surface area contributed by atoms with E-state index < -0.39 is 0 Å². The molecule has 0 aliphatic heterocycles. The maximum atomic E-state index is 4.76. The number of guanidine groups is 1. The molecule has 29 heavy (non-hydrogen) atoms. The molecule has 0 unspecified atom stereocenters. The standard InChI is InChI=1S/C22H28N6.HI/c1-4-23-22(25-15-13-19-10-8-9-14-24-19)26-16-21-17(2)27-28(18(21)3)20-11-6-5-7-12-20;/h5-12,14H,4,13,15-16H2,1-3H3,(H2,23,25,26);1H. The molecule has 0 saturated heterocycles. The highest BCUT2D eigenvalue weighted by Gasteiger charge is 2.12. The van der Waals surface area contributed by atoms with E-state index in [0.717, 1.165) is 53.8 Å². The van der Waals surface area contributed by atoms with Crippen LogP contribution in [0.15, 0.2) is 59.7 Å². The number of aliphatic imine (C=N–C) groups is 1. The van der Waals surface area contributed by atoms with E-state index in [9.17, 15) is 0 Å². The summed E-state index contributed by atoms with van der Waals surface area (Å²) >= 11 is 0. The van der Waals surface area contributed by atoms with E-state index in [4.69, 9.17) is 10.1 Å². The van der Waals surface area contributed by atoms with Crippen LogP contribution in [-0.2, 0) is 13.0 Å². The predicted molar refractivity (Wildman–Crippen MR) is 129 cm³/mol. The Kier molecular flexibility index (Phi) is 9.11. The monoisotopic (exact) mass is 504 g/mol. The zero-order valence-electron chi connectivity index (χ0n) is 17.2. The van der Waals surface area contributed by atoms with Gasteiger partial charge in [-0.15, -0.1) is 24.0 Å². The summed E-state index contributed by atoms with van der Waals surface area (Å²) in [6, 6.07) is 16.2. The molecule has 1 aromatic carbocycles. The Morgan fingerprint density at radius 3 is 2.48 bits per heavy atom. The molecule has 2 N–H and O–H groups in total. The number of nitrogens with zero attached hydrogens (tertiary/aromatic N) is 4. The third-order valence-electron chi connectivity index (χ3n) is 4.58. The van der Waals surface area contributed by atoms with E-state index in [2.05, 4.69) is 41.6 Å². The molecule has 3 aromatic rings. The van der Waals surface area contributed by atoms with Crippen molar-refractivity contribution in [2.24, 2.45) is 4.99 Å². The Bertz CT molecular complexity index is 906. The molecule has 0 atom stereocenters. The molecule has 0 bridgehead atoms. The first-order valence-electron chi connectivity index (χ1n) is 9.71. The van der Waals surface area contributed by atoms with Crippen LogP contribution in [0.2, 0.25) is 0 Å². The zero-order valence-corrected chi connectivity index (χ0v) is 19.6. The largest absolute Gasteiger partial charge is 0.357 e. The molecular weight excluding hydrogens is 475 g/mol. The van der Waals surface area contributed by atoms with Gasteiger partial charge in [0.15, 0.2) is 5.96 Å². The van der Waals surface area contributed by atoms with Crippen LogP contribution in [0.5, 0.6) is 0 Å². The minimum Gasteiger partial charge on any atom is -0.357 e. The van der Waals surface area contributed by atoms with Gasteiger partial charge >= 0.3 is 0 Å². The van der Waals surface area contributed by atoms with Gasteiger partial charge in [0.05, 0.1) is 17.9 Å². The molecule has 0 spiro atoms. The first-order valence-corrected chi connectivity index (χ1v) is 9.71. The lowest BCUT2D eigenvalue weighted by Gasteiger charge is -2.11. The molecule has 2 aromatic heterocycles. The van der Waals surface area contributed by atoms with Crippen LogP contribution < -0.4 is 10.6 Å². The van der Waals surface area contributed by atoms with Crippen LogP contribution in [0.3, 0.4) is 0 Å². The minimum absolute atomic E-state index is 0. The summed E-state index contributed by atoms with van der Waals surface area (Å²) in [7, 11) is 0. The van der Waals surface area contributed by atoms with Crippen molar-refractivity contribution >= 4 is 29.9 Å². The number of hydrogen-bond donors (Lipinski definition) is 2. The van der Waals surface area contributed by atoms with Gasteiger partial charge in [-0.2, -0.15) is 5.10 Å². The fraction of sp³-hybridized carbons (Fsp3) is 0.318. The number of pyridine rings is 1. The highest BCUT2D eigenvalue weighted by atomic mass is 127. The molecule has 0 radical (unpaired) electrons. The molecule has 0 aliphatic carbocycles. The Hall–Kier alpha value is -2.42. The van der Waals surface area contributed by atoms with Crippen LogP contribution in [0.4, 0.5) is 0 Å². The number of nitrogens with one attached hydrogen (secondary N) is 2. The molecule has 154 valence electrons. The molecule has 0 amide bonds. The Balaban J connectivity index is 0.00000300. The third-order valence-corrected chi connectivity index (χ3v) is 4.58. The van der Waals surface area contributed by atoms with Gasteiger partial charge in [0, 0.05) is 42.7 Å². The average Bonchev–Trinajstić information content (AvgIpc) is 3.01. The Morgan fingerprint density at radius 1 is 1.03 bits per heavy atom. The number of halogens is 1. The maximum Gasteiger partial charge on any atom is 0.191 e. The van der Waals surface area contributed by atoms with Gasteiger partial charge < -0.3 is 10.6 Å². The number of rotatable bonds is 7. The molecule has 6 nitrogen and oxygen atoms in total. The number of benzene rings is 1. The van der Waals surface area contributed by atoms with Gasteiger partial charge in [0.25, 0.3) is 0 Å². The second-order valence-electron chi connectivity index (χ2n) is 6.59. The van der Waals surface area contributed by atoms with E-state index in [1.807, 2.05) is 54.2 Å². The van der Waals surface area contributed by atoms with Crippen molar-refractivity contribution in [1.29, 1.82) is 0 Å². The Morgan fingerprint density at radius 2 is 1.79 bits per heavy atom. The molecule has 2 heterocycles. The SMILES string of the molecule is CCNC(=NCc1c(C)nn(-c2ccccc2)c1C)NCCc1ccccn1.I. The van der Waals surface area contributed by atoms with Crippen molar-refractivity contribution in [1.82, 2.24) is 25.4 Å². The van der Waals surface area contributed by atoms with E-state index in [-0.39, 0.29) is 24.0 Å². The zero-order chi connectivity index (χ0) is 19.8. The minimum atomic E-state index is 0. The smallest absolute Gasteiger partial charge is 0.191 e. The lowest BCUT2D eigenvalue weighted by Crippen LogP contribution is -2.38. The van der Waals surface area contributed by atoms with Gasteiger partial charge in [-0.05, 0) is 45.0 Å². The highest BCUT2D eigenvalue weighted by molar-refractivity contribution is 14.0. The molecule has 0 fully saturated rings. The Labute approximate surface area is 189 Å². The van der Waals surface area contributed by atoms with Crippen molar-refractivity contribution < 1.29 is 0 Å². The van der Waals surface area contributed by atoms with Crippen molar-refractivity contribution in [2.45, 2.75) is 33.7 Å². The van der Waals surface area contributed by atoms with Crippen LogP contribution in [-0.4, -0.2) is 33.8 Å². The first-order chi connectivity index (χ1) is 13.7. The maximum absolute atomic E-state index is 4.76. The van der Waals surface area contributed by atoms with Gasteiger partial charge in [0.1, 0.15) is 0 Å². The second-order valence-corrected chi connectivity index (χ2v) is 6.59. The normalized spacial score (nSPS) is 11.1. The molecule has 3 rings (SSSR count). The van der Waals surface area contributed by atoms with E-state index in [1.54, 1.807) is 0 Å². The van der Waals surface area contributed by atoms with Crippen LogP contribution in [0, 0.1) is 13.8 Å². The molecule has 0 saturated carbocycles. The predicted octanol–water partition coefficient (Wildman–Crippen LogP) is 3.80. The molecular formula is C22H29IN6. The first kappa shape index (κ1) is 22.9. The number of aryl methyl sites for hydroxylation is 1. The van der Waals surface area contributed by atoms with Gasteiger partial charge in [-0.3, -0.25) is 4.98 Å². The topological polar surface area (TPSA) is 67.1 Å². The van der Waals surface area contributed by atoms with Gasteiger partial charge in [0.2, 0.25) is 0 Å². The quantitative estimate of drug-likeness (QED) is 0.292. The molecule has 7 heteroatoms. The van der Waals surface area contributed by atoms with Crippen LogP contribution >= 0.6 is 24.0 Å². The summed E-state index contributed by atoms with van der Waals surface area (Å²) in [4.78, 5) is 9.12. The van der Waals surface area contributed by atoms with Crippen molar-refractivity contribution in [2.75, 3.05) is 13.1 Å². The number of para-hydroxylation sites is 1. The summed E-state index contributed by atoms with van der Waals surface area (Å²) in [5.41, 5.74) is 5.43. The summed E-state index contributed by atoms with van der Waals surface area (Å²) in [6.45, 7) is 8.39. The van der Waals surface area contributed by atoms with Crippen molar-refractivity contribution in [3.05, 3.63) is 77.4 Å². The fourth-order valence-electron chi connectivity index (χ4n) is 3.08. The van der Waals surface area contributed by atoms with Gasteiger partial charge in [-0.25, -0.2) is 9.67 Å². The van der Waals surface area contributed by atoms with E-state index >= 15 is 0 Å². The van der Waals surface area contributed by atoms with Gasteiger partial charge in [-0.1, -0.05) is 24.3 Å². The number of aromatic nitrogens is 3. The van der Waals surface area contributed by atoms with Crippen LogP contribution in [0.1, 0.15) is 29.6 Å². The molecule has 0 aliphatic rings. The second kappa shape index (κ2) is 11.5. The highest BCUT2D eigenvalue weighted by Crippen LogP contribution is 2.18. The average molecular weight is 504 g/mol. The van der Waals surface area contributed by atoms with E-state index in [0.29, 0.717) is 6.54 Å². The summed E-state index contributed by atoms with van der Waals surface area (Å²) in [5, 5.41) is 11.4. The van der Waals surface area contributed by atoms with E-state index in [1.165, 1.54) is 0 Å². The number of hydrogen-bond acceptors (Lipinski definition) is 3. The summed E-state index contributed by atoms with van der Waals surface area (Å²) < 4.78 is 1.99. The lowest BCUT2D eigenvalue weighted by molar-refractivity contribution is 0.787. The fourth-order valence-corrected chi connectivity index (χ4v) is 3.08. The van der Waals surface area contributed by atoms with Crippen LogP contribution in [0.25, 0.3) is 5.69 Å². The summed E-state index contributed by atoms with van der Waals surface area (Å²) in [5.74, 6) is 0.810. The third kappa shape index (κ3) is 6.28. The summed E-state index contributed by atoms with van der Waals surface area (Å²) in [6.07, 6.45) is 2.68. The van der Waals surface area contributed by atoms with Crippen molar-refractivity contribution in [3.8, 4) is 5.69 Å². The lowest BCUT2D eigenvalue weighted by atomic mass is 10.2. The van der Waals surface area contributed by atoms with Crippen molar-refractivity contribution in [3.63, 3.8) is 0 Å².